The van der Waals surface area contributed by atoms with E-state index in [1.54, 1.807) is 25.3 Å². The Morgan fingerprint density at radius 3 is 2.81 bits per heavy atom. The number of piperidine rings is 1. The minimum atomic E-state index is -0.738. The number of aliphatic hydroxyl groups is 1. The van der Waals surface area contributed by atoms with Crippen molar-refractivity contribution >= 4 is 39.9 Å². The fourth-order valence-corrected chi connectivity index (χ4v) is 4.81. The molecule has 1 aromatic heterocycles. The van der Waals surface area contributed by atoms with Gasteiger partial charge in [-0.2, -0.15) is 0 Å². The molecule has 2 heterocycles. The van der Waals surface area contributed by atoms with Crippen LogP contribution in [-0.2, 0) is 11.3 Å². The van der Waals surface area contributed by atoms with Gasteiger partial charge in [0.05, 0.1) is 29.9 Å². The standard InChI is InChI=1S/C25H30ClFN6O3/c1-33(25(6-8-28-9-7-25)24(35)29-10-11-34)14-16-12-17-20(13-21(16)36-2)30-15-31-23(17)32-19-5-3-4-18(26)22(19)27/h3-5,12-13,15,28,34H,6-11,14H2,1-2H3,(H,29,35)(H,30,31,32). The number of carbonyl (C=O) groups excluding carboxylic acids is 1. The molecular weight excluding hydrogens is 487 g/mol. The molecule has 2 aromatic carbocycles. The summed E-state index contributed by atoms with van der Waals surface area (Å²) in [5.74, 6) is 0.362. The smallest absolute Gasteiger partial charge is 0.240 e. The molecule has 11 heteroatoms. The first kappa shape index (κ1) is 26.0. The van der Waals surface area contributed by atoms with Crippen molar-refractivity contribution in [2.45, 2.75) is 24.9 Å². The minimum Gasteiger partial charge on any atom is -0.496 e. The summed E-state index contributed by atoms with van der Waals surface area (Å²) >= 11 is 5.94. The molecule has 36 heavy (non-hydrogen) atoms. The number of likely N-dealkylation sites (N-methyl/N-ethyl adjacent to an activating group) is 1. The van der Waals surface area contributed by atoms with Gasteiger partial charge in [-0.05, 0) is 51.2 Å². The molecule has 1 aliphatic heterocycles. The molecule has 0 atom stereocenters. The van der Waals surface area contributed by atoms with Crippen LogP contribution < -0.4 is 20.7 Å². The van der Waals surface area contributed by atoms with E-state index in [1.807, 2.05) is 18.0 Å². The average Bonchev–Trinajstić information content (AvgIpc) is 2.90. The quantitative estimate of drug-likeness (QED) is 0.343. The zero-order chi connectivity index (χ0) is 25.7. The minimum absolute atomic E-state index is 0.00842. The normalized spacial score (nSPS) is 15.2. The van der Waals surface area contributed by atoms with E-state index >= 15 is 0 Å². The number of hydrogen-bond donors (Lipinski definition) is 4. The van der Waals surface area contributed by atoms with Crippen LogP contribution in [0.2, 0.25) is 5.02 Å². The van der Waals surface area contributed by atoms with Gasteiger partial charge in [-0.1, -0.05) is 17.7 Å². The predicted molar refractivity (Wildman–Crippen MR) is 137 cm³/mol. The van der Waals surface area contributed by atoms with Gasteiger partial charge in [0.15, 0.2) is 5.82 Å². The van der Waals surface area contributed by atoms with Crippen molar-refractivity contribution < 1.29 is 19.0 Å². The number of amides is 1. The number of anilines is 2. The van der Waals surface area contributed by atoms with Crippen molar-refractivity contribution in [3.63, 3.8) is 0 Å². The number of benzene rings is 2. The van der Waals surface area contributed by atoms with E-state index in [9.17, 15) is 14.3 Å². The lowest BCUT2D eigenvalue weighted by atomic mass is 9.85. The zero-order valence-corrected chi connectivity index (χ0v) is 21.0. The summed E-state index contributed by atoms with van der Waals surface area (Å²) < 4.78 is 20.2. The number of carbonyl (C=O) groups is 1. The summed E-state index contributed by atoms with van der Waals surface area (Å²) in [5.41, 5.74) is 0.907. The number of hydrogen-bond acceptors (Lipinski definition) is 8. The van der Waals surface area contributed by atoms with Gasteiger partial charge >= 0.3 is 0 Å². The summed E-state index contributed by atoms with van der Waals surface area (Å²) in [6.45, 7) is 1.90. The van der Waals surface area contributed by atoms with Crippen molar-refractivity contribution in [2.75, 3.05) is 45.7 Å². The third-order valence-electron chi connectivity index (χ3n) is 6.63. The lowest BCUT2D eigenvalue weighted by Crippen LogP contribution is -2.61. The van der Waals surface area contributed by atoms with E-state index in [1.165, 1.54) is 12.4 Å². The Balaban J connectivity index is 1.70. The summed E-state index contributed by atoms with van der Waals surface area (Å²) in [6.07, 6.45) is 2.65. The molecule has 1 aliphatic rings. The molecule has 0 radical (unpaired) electrons. The Bertz CT molecular complexity index is 1240. The molecule has 1 fully saturated rings. The van der Waals surface area contributed by atoms with Crippen LogP contribution in [0.3, 0.4) is 0 Å². The Morgan fingerprint density at radius 2 is 2.08 bits per heavy atom. The second-order valence-corrected chi connectivity index (χ2v) is 9.15. The summed E-state index contributed by atoms with van der Waals surface area (Å²) in [6, 6.07) is 8.42. The largest absolute Gasteiger partial charge is 0.496 e. The van der Waals surface area contributed by atoms with Crippen LogP contribution in [0.5, 0.6) is 5.75 Å². The van der Waals surface area contributed by atoms with Gasteiger partial charge in [-0.3, -0.25) is 9.69 Å². The highest BCUT2D eigenvalue weighted by Crippen LogP contribution is 2.34. The number of aliphatic hydroxyl groups excluding tert-OH is 1. The van der Waals surface area contributed by atoms with Crippen LogP contribution in [0, 0.1) is 5.82 Å². The monoisotopic (exact) mass is 516 g/mol. The zero-order valence-electron chi connectivity index (χ0n) is 20.3. The first-order chi connectivity index (χ1) is 17.4. The Labute approximate surface area is 214 Å². The van der Waals surface area contributed by atoms with Gasteiger partial charge in [0.25, 0.3) is 0 Å². The van der Waals surface area contributed by atoms with Crippen molar-refractivity contribution in [1.29, 1.82) is 0 Å². The Morgan fingerprint density at radius 1 is 1.31 bits per heavy atom. The van der Waals surface area contributed by atoms with E-state index in [0.717, 1.165) is 5.56 Å². The van der Waals surface area contributed by atoms with Gasteiger partial charge in [0.1, 0.15) is 23.4 Å². The molecule has 9 nitrogen and oxygen atoms in total. The van der Waals surface area contributed by atoms with E-state index in [0.29, 0.717) is 54.9 Å². The third kappa shape index (κ3) is 5.22. The first-order valence-electron chi connectivity index (χ1n) is 11.7. The van der Waals surface area contributed by atoms with Crippen LogP contribution in [0.25, 0.3) is 10.9 Å². The van der Waals surface area contributed by atoms with Crippen LogP contribution in [0.15, 0.2) is 36.7 Å². The van der Waals surface area contributed by atoms with Gasteiger partial charge in [-0.25, -0.2) is 14.4 Å². The molecule has 0 bridgehead atoms. The molecule has 3 aromatic rings. The molecule has 0 saturated carbocycles. The third-order valence-corrected chi connectivity index (χ3v) is 6.92. The molecule has 0 aliphatic carbocycles. The van der Waals surface area contributed by atoms with Crippen LogP contribution in [-0.4, -0.2) is 71.8 Å². The molecule has 1 saturated heterocycles. The van der Waals surface area contributed by atoms with E-state index < -0.39 is 11.4 Å². The molecule has 4 rings (SSSR count). The molecule has 0 spiro atoms. The highest BCUT2D eigenvalue weighted by Gasteiger charge is 2.43. The van der Waals surface area contributed by atoms with Crippen molar-refractivity contribution in [3.05, 3.63) is 53.1 Å². The molecular formula is C25H30ClFN6O3. The summed E-state index contributed by atoms with van der Waals surface area (Å²) in [5, 5.41) is 19.1. The Hall–Kier alpha value is -3.05. The van der Waals surface area contributed by atoms with Gasteiger partial charge in [0.2, 0.25) is 5.91 Å². The number of nitrogens with zero attached hydrogens (tertiary/aromatic N) is 3. The van der Waals surface area contributed by atoms with Crippen LogP contribution in [0.4, 0.5) is 15.9 Å². The van der Waals surface area contributed by atoms with Crippen LogP contribution >= 0.6 is 11.6 Å². The maximum absolute atomic E-state index is 14.5. The highest BCUT2D eigenvalue weighted by molar-refractivity contribution is 6.31. The maximum atomic E-state index is 14.5. The van der Waals surface area contributed by atoms with E-state index in [2.05, 4.69) is 25.9 Å². The van der Waals surface area contributed by atoms with Crippen molar-refractivity contribution in [3.8, 4) is 5.75 Å². The average molecular weight is 517 g/mol. The molecule has 0 unspecified atom stereocenters. The Kier molecular flexibility index (Phi) is 8.20. The number of halogens is 2. The lowest BCUT2D eigenvalue weighted by Gasteiger charge is -2.43. The molecule has 4 N–H and O–H groups in total. The number of methoxy groups -OCH3 is 1. The van der Waals surface area contributed by atoms with Gasteiger partial charge in [0, 0.05) is 30.1 Å². The second kappa shape index (κ2) is 11.3. The SMILES string of the molecule is COc1cc2ncnc(Nc3cccc(Cl)c3F)c2cc1CN(C)C1(C(=O)NCCO)CCNCC1. The lowest BCUT2D eigenvalue weighted by molar-refractivity contribution is -0.135. The van der Waals surface area contributed by atoms with Crippen molar-refractivity contribution in [1.82, 2.24) is 25.5 Å². The van der Waals surface area contributed by atoms with Crippen LogP contribution in [0.1, 0.15) is 18.4 Å². The predicted octanol–water partition coefficient (Wildman–Crippen LogP) is 2.84. The topological polar surface area (TPSA) is 112 Å². The molecule has 192 valence electrons. The van der Waals surface area contributed by atoms with E-state index in [4.69, 9.17) is 16.3 Å². The summed E-state index contributed by atoms with van der Waals surface area (Å²) in [4.78, 5) is 23.9. The van der Waals surface area contributed by atoms with E-state index in [-0.39, 0.29) is 29.8 Å². The number of fused-ring (bicyclic) bond motifs is 1. The highest BCUT2D eigenvalue weighted by atomic mass is 35.5. The first-order valence-corrected chi connectivity index (χ1v) is 12.1. The number of ether oxygens (including phenoxy) is 1. The number of nitrogens with one attached hydrogen (secondary N) is 3. The molecule has 1 amide bonds. The number of rotatable bonds is 9. The second-order valence-electron chi connectivity index (χ2n) is 8.75. The summed E-state index contributed by atoms with van der Waals surface area (Å²) in [7, 11) is 3.50. The fraction of sp³-hybridized carbons (Fsp3) is 0.400. The van der Waals surface area contributed by atoms with Gasteiger partial charge in [-0.15, -0.1) is 0 Å². The maximum Gasteiger partial charge on any atom is 0.240 e. The fourth-order valence-electron chi connectivity index (χ4n) is 4.63. The number of aromatic nitrogens is 2. The van der Waals surface area contributed by atoms with Crippen molar-refractivity contribution in [2.24, 2.45) is 0 Å². The van der Waals surface area contributed by atoms with Gasteiger partial charge < -0.3 is 25.8 Å².